The topological polar surface area (TPSA) is 83.8 Å². The summed E-state index contributed by atoms with van der Waals surface area (Å²) in [5.41, 5.74) is -0.253. The molecule has 0 N–H and O–H groups in total. The zero-order chi connectivity index (χ0) is 15.9. The lowest BCUT2D eigenvalue weighted by molar-refractivity contribution is -0.385. The highest BCUT2D eigenvalue weighted by Gasteiger charge is 2.41. The predicted molar refractivity (Wildman–Crippen MR) is 78.4 cm³/mol. The van der Waals surface area contributed by atoms with Crippen LogP contribution in [0.4, 0.5) is 5.69 Å². The third-order valence-corrected chi connectivity index (χ3v) is 4.26. The molecule has 0 unspecified atom stereocenters. The van der Waals surface area contributed by atoms with Gasteiger partial charge in [0.2, 0.25) is 0 Å². The number of rotatable bonds is 3. The minimum atomic E-state index is -0.615. The average Bonchev–Trinajstić information content (AvgIpc) is 2.72. The molecule has 1 fully saturated rings. The quantitative estimate of drug-likeness (QED) is 0.483. The Bertz CT molecular complexity index is 658. The standard InChI is InChI=1S/C15H17N3O4/c1-10-4-3-7-16(8-10)9-17-14(19)11-5-2-6-12(18(21)22)13(11)15(17)20/h2,5-6,10H,3-4,7-9H2,1H3/t10-/m0/s1. The third kappa shape index (κ3) is 2.37. The van der Waals surface area contributed by atoms with Gasteiger partial charge < -0.3 is 0 Å². The first-order valence-corrected chi connectivity index (χ1v) is 7.35. The first-order chi connectivity index (χ1) is 10.5. The van der Waals surface area contributed by atoms with E-state index in [0.29, 0.717) is 5.92 Å². The molecule has 2 heterocycles. The molecule has 1 atom stereocenters. The van der Waals surface area contributed by atoms with Crippen LogP contribution in [0.1, 0.15) is 40.5 Å². The number of imide groups is 1. The Balaban J connectivity index is 1.87. The maximum atomic E-state index is 12.5. The van der Waals surface area contributed by atoms with Gasteiger partial charge in [0.25, 0.3) is 17.5 Å². The summed E-state index contributed by atoms with van der Waals surface area (Å²) in [6.45, 7) is 4.00. The van der Waals surface area contributed by atoms with E-state index in [1.807, 2.05) is 0 Å². The molecule has 22 heavy (non-hydrogen) atoms. The molecule has 0 aliphatic carbocycles. The van der Waals surface area contributed by atoms with Crippen molar-refractivity contribution in [1.82, 2.24) is 9.80 Å². The number of amides is 2. The lowest BCUT2D eigenvalue weighted by Gasteiger charge is -2.33. The summed E-state index contributed by atoms with van der Waals surface area (Å²) in [5.74, 6) is -0.481. The molecular weight excluding hydrogens is 286 g/mol. The second-order valence-electron chi connectivity index (χ2n) is 5.96. The van der Waals surface area contributed by atoms with E-state index in [0.717, 1.165) is 30.8 Å². The molecule has 0 saturated carbocycles. The number of fused-ring (bicyclic) bond motifs is 1. The van der Waals surface area contributed by atoms with Crippen LogP contribution in [0.2, 0.25) is 0 Å². The van der Waals surface area contributed by atoms with Crippen LogP contribution in [-0.4, -0.2) is 46.3 Å². The Kier molecular flexibility index (Phi) is 3.66. The van der Waals surface area contributed by atoms with Gasteiger partial charge in [-0.2, -0.15) is 0 Å². The zero-order valence-electron chi connectivity index (χ0n) is 12.3. The van der Waals surface area contributed by atoms with Crippen LogP contribution >= 0.6 is 0 Å². The molecule has 116 valence electrons. The van der Waals surface area contributed by atoms with Gasteiger partial charge in [0.15, 0.2) is 0 Å². The number of nitro groups is 1. The molecule has 1 aromatic carbocycles. The van der Waals surface area contributed by atoms with Crippen molar-refractivity contribution in [1.29, 1.82) is 0 Å². The fourth-order valence-corrected chi connectivity index (χ4v) is 3.21. The summed E-state index contributed by atoms with van der Waals surface area (Å²) >= 11 is 0. The Labute approximate surface area is 127 Å². The summed E-state index contributed by atoms with van der Waals surface area (Å²) < 4.78 is 0. The van der Waals surface area contributed by atoms with Crippen LogP contribution in [0.5, 0.6) is 0 Å². The molecule has 2 aliphatic rings. The Morgan fingerprint density at radius 3 is 2.77 bits per heavy atom. The first-order valence-electron chi connectivity index (χ1n) is 7.35. The summed E-state index contributed by atoms with van der Waals surface area (Å²) in [4.78, 5) is 38.5. The van der Waals surface area contributed by atoms with Gasteiger partial charge >= 0.3 is 0 Å². The van der Waals surface area contributed by atoms with Crippen LogP contribution in [0, 0.1) is 16.0 Å². The molecule has 0 aromatic heterocycles. The number of nitrogens with zero attached hydrogens (tertiary/aromatic N) is 3. The molecule has 0 bridgehead atoms. The van der Waals surface area contributed by atoms with Crippen LogP contribution in [-0.2, 0) is 0 Å². The molecule has 0 spiro atoms. The summed E-state index contributed by atoms with van der Waals surface area (Å²) in [5, 5.41) is 11.1. The Hall–Kier alpha value is -2.28. The summed E-state index contributed by atoms with van der Waals surface area (Å²) in [6.07, 6.45) is 2.18. The van der Waals surface area contributed by atoms with E-state index in [4.69, 9.17) is 0 Å². The van der Waals surface area contributed by atoms with Crippen molar-refractivity contribution in [2.45, 2.75) is 19.8 Å². The van der Waals surface area contributed by atoms with E-state index in [1.165, 1.54) is 18.2 Å². The van der Waals surface area contributed by atoms with Gasteiger partial charge in [0, 0.05) is 12.6 Å². The SMILES string of the molecule is C[C@H]1CCCN(CN2C(=O)c3cccc([N+](=O)[O-])c3C2=O)C1. The molecule has 2 amide bonds. The molecule has 2 aliphatic heterocycles. The molecule has 7 nitrogen and oxygen atoms in total. The van der Waals surface area contributed by atoms with E-state index < -0.39 is 16.7 Å². The lowest BCUT2D eigenvalue weighted by Crippen LogP contribution is -2.45. The number of likely N-dealkylation sites (tertiary alicyclic amines) is 1. The minimum absolute atomic E-state index is 0.0810. The molecule has 0 radical (unpaired) electrons. The maximum absolute atomic E-state index is 12.5. The molecule has 1 aromatic rings. The van der Waals surface area contributed by atoms with Crippen molar-refractivity contribution in [2.75, 3.05) is 19.8 Å². The van der Waals surface area contributed by atoms with E-state index in [-0.39, 0.29) is 23.5 Å². The van der Waals surface area contributed by atoms with Crippen molar-refractivity contribution >= 4 is 17.5 Å². The second kappa shape index (κ2) is 5.49. The number of carbonyl (C=O) groups excluding carboxylic acids is 2. The highest BCUT2D eigenvalue weighted by atomic mass is 16.6. The zero-order valence-corrected chi connectivity index (χ0v) is 12.3. The monoisotopic (exact) mass is 303 g/mol. The van der Waals surface area contributed by atoms with Crippen molar-refractivity contribution in [3.05, 3.63) is 39.4 Å². The molecule has 7 heteroatoms. The normalized spacial score (nSPS) is 22.0. The van der Waals surface area contributed by atoms with Crippen LogP contribution < -0.4 is 0 Å². The number of piperidine rings is 1. The van der Waals surface area contributed by atoms with Gasteiger partial charge in [0.1, 0.15) is 5.56 Å². The van der Waals surface area contributed by atoms with Crippen LogP contribution in [0.25, 0.3) is 0 Å². The van der Waals surface area contributed by atoms with Crippen molar-refractivity contribution < 1.29 is 14.5 Å². The fourth-order valence-electron chi connectivity index (χ4n) is 3.21. The molecule has 1 saturated heterocycles. The van der Waals surface area contributed by atoms with Gasteiger partial charge in [-0.05, 0) is 31.4 Å². The average molecular weight is 303 g/mol. The van der Waals surface area contributed by atoms with Crippen molar-refractivity contribution in [3.63, 3.8) is 0 Å². The van der Waals surface area contributed by atoms with E-state index in [1.54, 1.807) is 0 Å². The third-order valence-electron chi connectivity index (χ3n) is 4.26. The number of hydrogen-bond acceptors (Lipinski definition) is 5. The van der Waals surface area contributed by atoms with Gasteiger partial charge in [-0.25, -0.2) is 0 Å². The van der Waals surface area contributed by atoms with E-state index in [9.17, 15) is 19.7 Å². The van der Waals surface area contributed by atoms with Crippen molar-refractivity contribution in [2.24, 2.45) is 5.92 Å². The van der Waals surface area contributed by atoms with Crippen LogP contribution in [0.15, 0.2) is 18.2 Å². The van der Waals surface area contributed by atoms with Gasteiger partial charge in [-0.3, -0.25) is 29.5 Å². The number of carbonyl (C=O) groups is 2. The fraction of sp³-hybridized carbons (Fsp3) is 0.467. The number of nitro benzene ring substituents is 1. The largest absolute Gasteiger partial charge is 0.285 e. The van der Waals surface area contributed by atoms with Gasteiger partial charge in [-0.15, -0.1) is 0 Å². The van der Waals surface area contributed by atoms with Crippen molar-refractivity contribution in [3.8, 4) is 0 Å². The van der Waals surface area contributed by atoms with Gasteiger partial charge in [-0.1, -0.05) is 13.0 Å². The Morgan fingerprint density at radius 2 is 2.09 bits per heavy atom. The smallest absolute Gasteiger partial charge is 0.282 e. The van der Waals surface area contributed by atoms with E-state index >= 15 is 0 Å². The first kappa shape index (κ1) is 14.6. The minimum Gasteiger partial charge on any atom is -0.285 e. The predicted octanol–water partition coefficient (Wildman–Crippen LogP) is 1.88. The molecular formula is C15H17N3O4. The highest BCUT2D eigenvalue weighted by Crippen LogP contribution is 2.31. The van der Waals surface area contributed by atoms with Crippen LogP contribution in [0.3, 0.4) is 0 Å². The second-order valence-corrected chi connectivity index (χ2v) is 5.96. The summed E-state index contributed by atoms with van der Waals surface area (Å²) in [7, 11) is 0. The highest BCUT2D eigenvalue weighted by molar-refractivity contribution is 6.23. The number of hydrogen-bond donors (Lipinski definition) is 0. The maximum Gasteiger partial charge on any atom is 0.282 e. The molecule has 3 rings (SSSR count). The van der Waals surface area contributed by atoms with Gasteiger partial charge in [0.05, 0.1) is 17.2 Å². The lowest BCUT2D eigenvalue weighted by atomic mass is 10.0. The Morgan fingerprint density at radius 1 is 1.32 bits per heavy atom. The number of benzene rings is 1. The summed E-state index contributed by atoms with van der Waals surface area (Å²) in [6, 6.07) is 4.17. The van der Waals surface area contributed by atoms with E-state index in [2.05, 4.69) is 11.8 Å².